The molecule has 3 rings (SSSR count). The van der Waals surface area contributed by atoms with Crippen LogP contribution in [0.3, 0.4) is 0 Å². The maximum atomic E-state index is 12.8. The standard InChI is InChI=1S/C18H21GeNO/c1-12-6-8-14-16(10-12)19(2,3)17-11-13(20(4)5)7-9-15(17)18(14)21/h6-11H,1-5H3. The summed E-state index contributed by atoms with van der Waals surface area (Å²) >= 11 is -2.42. The minimum absolute atomic E-state index is 0.190. The quantitative estimate of drug-likeness (QED) is 0.744. The monoisotopic (exact) mass is 341 g/mol. The number of hydrogen-bond acceptors (Lipinski definition) is 2. The third-order valence-corrected chi connectivity index (χ3v) is 11.9. The fourth-order valence-electron chi connectivity index (χ4n) is 3.19. The van der Waals surface area contributed by atoms with Crippen LogP contribution in [0.5, 0.6) is 0 Å². The van der Waals surface area contributed by atoms with Gasteiger partial charge >= 0.3 is 129 Å². The van der Waals surface area contributed by atoms with Gasteiger partial charge in [-0.15, -0.1) is 0 Å². The van der Waals surface area contributed by atoms with Crippen molar-refractivity contribution in [3.05, 3.63) is 53.1 Å². The van der Waals surface area contributed by atoms with E-state index in [0.717, 1.165) is 11.1 Å². The number of nitrogens with zero attached hydrogens (tertiary/aromatic N) is 1. The van der Waals surface area contributed by atoms with Gasteiger partial charge in [-0.1, -0.05) is 0 Å². The summed E-state index contributed by atoms with van der Waals surface area (Å²) in [6, 6.07) is 12.6. The van der Waals surface area contributed by atoms with E-state index in [4.69, 9.17) is 0 Å². The summed E-state index contributed by atoms with van der Waals surface area (Å²) in [6.45, 7) is 2.11. The molecular formula is C18H21GeNO. The van der Waals surface area contributed by atoms with E-state index in [0.29, 0.717) is 0 Å². The third kappa shape index (κ3) is 2.13. The Morgan fingerprint density at radius 3 is 2.10 bits per heavy atom. The van der Waals surface area contributed by atoms with E-state index in [1.54, 1.807) is 0 Å². The second-order valence-electron chi connectivity index (χ2n) is 6.63. The average Bonchev–Trinajstić information content (AvgIpc) is 2.44. The van der Waals surface area contributed by atoms with Crippen LogP contribution < -0.4 is 13.7 Å². The van der Waals surface area contributed by atoms with Gasteiger partial charge in [0.15, 0.2) is 0 Å². The van der Waals surface area contributed by atoms with Crippen LogP contribution in [-0.2, 0) is 0 Å². The predicted molar refractivity (Wildman–Crippen MR) is 92.1 cm³/mol. The van der Waals surface area contributed by atoms with Crippen LogP contribution >= 0.6 is 0 Å². The van der Waals surface area contributed by atoms with Crippen LogP contribution in [0.2, 0.25) is 11.5 Å². The number of aryl methyl sites for hydroxylation is 1. The van der Waals surface area contributed by atoms with E-state index in [1.807, 2.05) is 38.4 Å². The zero-order chi connectivity index (χ0) is 15.4. The molecular weight excluding hydrogens is 319 g/mol. The molecule has 0 saturated carbocycles. The van der Waals surface area contributed by atoms with Crippen LogP contribution in [0.4, 0.5) is 5.69 Å². The zero-order valence-corrected chi connectivity index (χ0v) is 15.4. The fourth-order valence-corrected chi connectivity index (χ4v) is 9.75. The topological polar surface area (TPSA) is 20.3 Å². The van der Waals surface area contributed by atoms with E-state index in [9.17, 15) is 4.79 Å². The second-order valence-corrected chi connectivity index (χ2v) is 15.7. The van der Waals surface area contributed by atoms with Gasteiger partial charge in [-0.05, 0) is 0 Å². The van der Waals surface area contributed by atoms with Gasteiger partial charge in [0.05, 0.1) is 0 Å². The Hall–Kier alpha value is -1.55. The number of carbonyl (C=O) groups is 1. The number of carbonyl (C=O) groups excluding carboxylic acids is 1. The molecule has 0 atom stereocenters. The molecule has 2 aromatic carbocycles. The van der Waals surface area contributed by atoms with Crippen molar-refractivity contribution in [1.29, 1.82) is 0 Å². The van der Waals surface area contributed by atoms with Crippen molar-refractivity contribution in [2.45, 2.75) is 18.4 Å². The molecule has 0 fully saturated rings. The van der Waals surface area contributed by atoms with E-state index in [2.05, 4.69) is 35.5 Å². The second kappa shape index (κ2) is 4.74. The van der Waals surface area contributed by atoms with Crippen molar-refractivity contribution < 1.29 is 4.79 Å². The minimum atomic E-state index is -2.42. The van der Waals surface area contributed by atoms with Gasteiger partial charge in [-0.3, -0.25) is 0 Å². The summed E-state index contributed by atoms with van der Waals surface area (Å²) < 4.78 is 2.63. The first-order chi connectivity index (χ1) is 9.82. The summed E-state index contributed by atoms with van der Waals surface area (Å²) in [7, 11) is 4.09. The molecule has 0 radical (unpaired) electrons. The molecule has 0 N–H and O–H groups in total. The number of benzene rings is 2. The Labute approximate surface area is 129 Å². The van der Waals surface area contributed by atoms with E-state index >= 15 is 0 Å². The van der Waals surface area contributed by atoms with Gasteiger partial charge < -0.3 is 0 Å². The predicted octanol–water partition coefficient (Wildman–Crippen LogP) is 2.43. The molecule has 0 aliphatic carbocycles. The van der Waals surface area contributed by atoms with Gasteiger partial charge in [-0.25, -0.2) is 0 Å². The molecule has 1 aliphatic heterocycles. The van der Waals surface area contributed by atoms with Crippen molar-refractivity contribution in [3.8, 4) is 0 Å². The molecule has 2 aromatic rings. The molecule has 108 valence electrons. The summed E-state index contributed by atoms with van der Waals surface area (Å²) in [5, 5.41) is 0. The van der Waals surface area contributed by atoms with Crippen molar-refractivity contribution in [1.82, 2.24) is 0 Å². The van der Waals surface area contributed by atoms with Crippen molar-refractivity contribution in [2.75, 3.05) is 19.0 Å². The zero-order valence-electron chi connectivity index (χ0n) is 13.3. The Bertz CT molecular complexity index is 747. The van der Waals surface area contributed by atoms with Crippen LogP contribution in [0.25, 0.3) is 0 Å². The van der Waals surface area contributed by atoms with Crippen LogP contribution in [0.1, 0.15) is 21.5 Å². The summed E-state index contributed by atoms with van der Waals surface area (Å²) in [4.78, 5) is 14.9. The molecule has 1 aliphatic rings. The normalized spacial score (nSPS) is 15.4. The number of hydrogen-bond donors (Lipinski definition) is 0. The number of anilines is 1. The molecule has 21 heavy (non-hydrogen) atoms. The first kappa shape index (κ1) is 14.4. The van der Waals surface area contributed by atoms with E-state index < -0.39 is 13.3 Å². The van der Waals surface area contributed by atoms with E-state index in [1.165, 1.54) is 20.0 Å². The molecule has 1 heterocycles. The van der Waals surface area contributed by atoms with Gasteiger partial charge in [0.1, 0.15) is 0 Å². The van der Waals surface area contributed by atoms with Crippen molar-refractivity contribution in [2.24, 2.45) is 0 Å². The molecule has 0 unspecified atom stereocenters. The summed E-state index contributed by atoms with van der Waals surface area (Å²) in [5.41, 5.74) is 4.27. The third-order valence-electron chi connectivity index (χ3n) is 4.53. The Balaban J connectivity index is 2.30. The molecule has 3 heteroatoms. The molecule has 2 nitrogen and oxygen atoms in total. The Morgan fingerprint density at radius 2 is 1.48 bits per heavy atom. The fraction of sp³-hybridized carbons (Fsp3) is 0.278. The van der Waals surface area contributed by atoms with Crippen LogP contribution in [0.15, 0.2) is 36.4 Å². The van der Waals surface area contributed by atoms with E-state index in [-0.39, 0.29) is 5.78 Å². The van der Waals surface area contributed by atoms with Gasteiger partial charge in [0.25, 0.3) is 0 Å². The van der Waals surface area contributed by atoms with Gasteiger partial charge in [0, 0.05) is 0 Å². The Morgan fingerprint density at radius 1 is 0.905 bits per heavy atom. The molecule has 0 aromatic heterocycles. The Kier molecular flexibility index (Phi) is 3.25. The van der Waals surface area contributed by atoms with Crippen LogP contribution in [0, 0.1) is 6.92 Å². The number of rotatable bonds is 1. The first-order valence-corrected chi connectivity index (χ1v) is 13.6. The SMILES string of the molecule is Cc1ccc2[c](c1)[Ge]([CH3])([CH3])[c]1cc(N(C)C)ccc1C2=O. The van der Waals surface area contributed by atoms with Crippen LogP contribution in [-0.4, -0.2) is 33.1 Å². The summed E-state index contributed by atoms with van der Waals surface area (Å²) in [5.74, 6) is 4.97. The molecule has 0 bridgehead atoms. The van der Waals surface area contributed by atoms with Crippen molar-refractivity contribution in [3.63, 3.8) is 0 Å². The number of ketones is 1. The molecule has 0 saturated heterocycles. The number of fused-ring (bicyclic) bond motifs is 2. The van der Waals surface area contributed by atoms with Gasteiger partial charge in [0.2, 0.25) is 0 Å². The molecule has 0 amide bonds. The summed E-state index contributed by atoms with van der Waals surface area (Å²) in [6.07, 6.45) is 0. The van der Waals surface area contributed by atoms with Gasteiger partial charge in [-0.2, -0.15) is 0 Å². The maximum absolute atomic E-state index is 12.8. The average molecular weight is 340 g/mol. The first-order valence-electron chi connectivity index (χ1n) is 7.30. The van der Waals surface area contributed by atoms with Crippen molar-refractivity contribution >= 4 is 33.5 Å². The molecule has 0 spiro atoms.